The van der Waals surface area contributed by atoms with Crippen molar-refractivity contribution in [3.63, 3.8) is 0 Å². The van der Waals surface area contributed by atoms with Crippen molar-refractivity contribution in [1.29, 1.82) is 0 Å². The average molecular weight is 378 g/mol. The Kier molecular flexibility index (Phi) is 3.30. The molecular formula is C26H18OS. The summed E-state index contributed by atoms with van der Waals surface area (Å²) in [6.07, 6.45) is 0. The molecule has 0 unspecified atom stereocenters. The van der Waals surface area contributed by atoms with E-state index in [0.717, 1.165) is 11.5 Å². The lowest BCUT2D eigenvalue weighted by Crippen LogP contribution is -2.36. The number of hydrogen-bond donors (Lipinski definition) is 0. The van der Waals surface area contributed by atoms with Crippen LogP contribution >= 0.6 is 11.8 Å². The minimum atomic E-state index is -0.366. The molecule has 0 radical (unpaired) electrons. The van der Waals surface area contributed by atoms with Gasteiger partial charge in [0, 0.05) is 20.9 Å². The van der Waals surface area contributed by atoms with Gasteiger partial charge in [0.15, 0.2) is 0 Å². The summed E-state index contributed by atoms with van der Waals surface area (Å²) in [5.74, 6) is 1.88. The summed E-state index contributed by atoms with van der Waals surface area (Å²) < 4.78 is 6.36. The van der Waals surface area contributed by atoms with Crippen LogP contribution in [0.3, 0.4) is 0 Å². The van der Waals surface area contributed by atoms with E-state index in [0.29, 0.717) is 0 Å². The first-order chi connectivity index (χ1) is 13.8. The standard InChI is InChI=1S/C26H18OS/c1-17-14-15-25-21(16-17)26(20-10-4-7-13-24(20)28-25)18-8-2-5-11-22(18)27-23-12-6-3-9-19(23)26/h2-16H,1H3. The first kappa shape index (κ1) is 16.0. The van der Waals surface area contributed by atoms with Crippen LogP contribution in [-0.2, 0) is 5.41 Å². The third-order valence-electron chi connectivity index (χ3n) is 5.85. The van der Waals surface area contributed by atoms with E-state index in [4.69, 9.17) is 4.74 Å². The quantitative estimate of drug-likeness (QED) is 0.283. The van der Waals surface area contributed by atoms with Crippen LogP contribution in [0.15, 0.2) is 101 Å². The first-order valence-electron chi connectivity index (χ1n) is 9.54. The van der Waals surface area contributed by atoms with E-state index in [1.165, 1.54) is 37.6 Å². The minimum absolute atomic E-state index is 0.366. The minimum Gasteiger partial charge on any atom is -0.457 e. The highest BCUT2D eigenvalue weighted by Gasteiger charge is 2.49. The first-order valence-corrected chi connectivity index (χ1v) is 10.4. The smallest absolute Gasteiger partial charge is 0.132 e. The molecular weight excluding hydrogens is 360 g/mol. The predicted octanol–water partition coefficient (Wildman–Crippen LogP) is 6.95. The molecule has 0 atom stereocenters. The van der Waals surface area contributed by atoms with Gasteiger partial charge < -0.3 is 4.74 Å². The summed E-state index contributed by atoms with van der Waals surface area (Å²) in [5, 5.41) is 0. The summed E-state index contributed by atoms with van der Waals surface area (Å²) in [5.41, 5.74) is 6.02. The molecule has 0 amide bonds. The van der Waals surface area contributed by atoms with Gasteiger partial charge in [0.05, 0.1) is 5.41 Å². The molecule has 4 aromatic rings. The Hall–Kier alpha value is -2.97. The van der Waals surface area contributed by atoms with Crippen molar-refractivity contribution >= 4 is 11.8 Å². The maximum absolute atomic E-state index is 6.36. The van der Waals surface area contributed by atoms with Crippen LogP contribution in [0.4, 0.5) is 0 Å². The van der Waals surface area contributed by atoms with E-state index in [1.54, 1.807) is 0 Å². The topological polar surface area (TPSA) is 9.23 Å². The van der Waals surface area contributed by atoms with E-state index >= 15 is 0 Å². The highest BCUT2D eigenvalue weighted by Crippen LogP contribution is 2.61. The van der Waals surface area contributed by atoms with Crippen LogP contribution < -0.4 is 4.74 Å². The van der Waals surface area contributed by atoms with E-state index in [-0.39, 0.29) is 5.41 Å². The molecule has 1 spiro atoms. The monoisotopic (exact) mass is 378 g/mol. The average Bonchev–Trinajstić information content (AvgIpc) is 2.74. The molecule has 0 aliphatic carbocycles. The molecule has 0 aromatic heterocycles. The Morgan fingerprint density at radius 1 is 0.607 bits per heavy atom. The van der Waals surface area contributed by atoms with Crippen LogP contribution in [-0.4, -0.2) is 0 Å². The molecule has 6 rings (SSSR count). The molecule has 2 heteroatoms. The van der Waals surface area contributed by atoms with Crippen LogP contribution in [0.25, 0.3) is 0 Å². The summed E-state index contributed by atoms with van der Waals surface area (Å²) in [6, 6.07) is 32.7. The third-order valence-corrected chi connectivity index (χ3v) is 7.00. The number of rotatable bonds is 0. The molecule has 0 saturated carbocycles. The van der Waals surface area contributed by atoms with E-state index in [9.17, 15) is 0 Å². The zero-order chi connectivity index (χ0) is 18.7. The maximum Gasteiger partial charge on any atom is 0.132 e. The van der Waals surface area contributed by atoms with Crippen molar-refractivity contribution in [2.24, 2.45) is 0 Å². The maximum atomic E-state index is 6.36. The van der Waals surface area contributed by atoms with Gasteiger partial charge in [-0.3, -0.25) is 0 Å². The molecule has 2 aliphatic heterocycles. The van der Waals surface area contributed by atoms with Crippen molar-refractivity contribution in [2.45, 2.75) is 22.1 Å². The molecule has 0 saturated heterocycles. The normalized spacial score (nSPS) is 15.0. The number of hydrogen-bond acceptors (Lipinski definition) is 2. The van der Waals surface area contributed by atoms with Crippen LogP contribution in [0.2, 0.25) is 0 Å². The second-order valence-electron chi connectivity index (χ2n) is 7.44. The summed E-state index contributed by atoms with van der Waals surface area (Å²) >= 11 is 1.87. The zero-order valence-corrected chi connectivity index (χ0v) is 16.3. The van der Waals surface area contributed by atoms with Gasteiger partial charge >= 0.3 is 0 Å². The van der Waals surface area contributed by atoms with Gasteiger partial charge in [-0.05, 0) is 42.3 Å². The Balaban J connectivity index is 1.85. The third kappa shape index (κ3) is 1.99. The number of fused-ring (bicyclic) bond motifs is 8. The van der Waals surface area contributed by atoms with Gasteiger partial charge in [0.25, 0.3) is 0 Å². The van der Waals surface area contributed by atoms with Crippen LogP contribution in [0.1, 0.15) is 27.8 Å². The lowest BCUT2D eigenvalue weighted by atomic mass is 9.63. The van der Waals surface area contributed by atoms with E-state index in [2.05, 4.69) is 97.9 Å². The largest absolute Gasteiger partial charge is 0.457 e. The van der Waals surface area contributed by atoms with Crippen LogP contribution in [0.5, 0.6) is 11.5 Å². The van der Waals surface area contributed by atoms with E-state index in [1.807, 2.05) is 11.8 Å². The van der Waals surface area contributed by atoms with E-state index < -0.39 is 0 Å². The Morgan fingerprint density at radius 3 is 1.89 bits per heavy atom. The fourth-order valence-corrected chi connectivity index (χ4v) is 5.90. The number of para-hydroxylation sites is 2. The van der Waals surface area contributed by atoms with Gasteiger partial charge in [0.2, 0.25) is 0 Å². The van der Waals surface area contributed by atoms with Crippen molar-refractivity contribution in [1.82, 2.24) is 0 Å². The van der Waals surface area contributed by atoms with Crippen molar-refractivity contribution in [3.8, 4) is 11.5 Å². The molecule has 0 bridgehead atoms. The number of ether oxygens (including phenoxy) is 1. The second kappa shape index (κ2) is 5.76. The predicted molar refractivity (Wildman–Crippen MR) is 114 cm³/mol. The molecule has 28 heavy (non-hydrogen) atoms. The number of benzene rings is 4. The van der Waals surface area contributed by atoms with Crippen molar-refractivity contribution in [3.05, 3.63) is 119 Å². The molecule has 4 aromatic carbocycles. The Bertz CT molecular complexity index is 1140. The highest BCUT2D eigenvalue weighted by molar-refractivity contribution is 7.99. The van der Waals surface area contributed by atoms with Gasteiger partial charge in [0.1, 0.15) is 11.5 Å². The summed E-state index contributed by atoms with van der Waals surface area (Å²) in [7, 11) is 0. The fraction of sp³-hybridized carbons (Fsp3) is 0.0769. The summed E-state index contributed by atoms with van der Waals surface area (Å²) in [4.78, 5) is 2.63. The van der Waals surface area contributed by atoms with Crippen molar-refractivity contribution < 1.29 is 4.74 Å². The van der Waals surface area contributed by atoms with Gasteiger partial charge in [-0.2, -0.15) is 0 Å². The highest BCUT2D eigenvalue weighted by atomic mass is 32.2. The molecule has 0 N–H and O–H groups in total. The second-order valence-corrected chi connectivity index (χ2v) is 8.53. The fourth-order valence-electron chi connectivity index (χ4n) is 4.73. The van der Waals surface area contributed by atoms with Gasteiger partial charge in [-0.1, -0.05) is 84.1 Å². The molecule has 134 valence electrons. The summed E-state index contributed by atoms with van der Waals surface area (Å²) in [6.45, 7) is 2.18. The molecule has 2 aliphatic rings. The van der Waals surface area contributed by atoms with Gasteiger partial charge in [-0.25, -0.2) is 0 Å². The zero-order valence-electron chi connectivity index (χ0n) is 15.5. The molecule has 2 heterocycles. The molecule has 1 nitrogen and oxygen atoms in total. The molecule has 0 fully saturated rings. The lowest BCUT2D eigenvalue weighted by molar-refractivity contribution is 0.431. The van der Waals surface area contributed by atoms with Crippen LogP contribution in [0, 0.1) is 6.92 Å². The SMILES string of the molecule is Cc1ccc2c(c1)C1(c3ccccc3Oc3ccccc31)c1ccccc1S2. The lowest BCUT2D eigenvalue weighted by Gasteiger charge is -2.45. The van der Waals surface area contributed by atoms with Crippen molar-refractivity contribution in [2.75, 3.05) is 0 Å². The Morgan fingerprint density at radius 2 is 1.18 bits per heavy atom. The van der Waals surface area contributed by atoms with Gasteiger partial charge in [-0.15, -0.1) is 0 Å². The Labute approximate surface area is 169 Å². The number of aryl methyl sites for hydroxylation is 1.